The number of rotatable bonds is 12. The fraction of sp³-hybridized carbons (Fsp3) is 0.432. The van der Waals surface area contributed by atoms with Crippen LogP contribution in [0.2, 0.25) is 5.02 Å². The van der Waals surface area contributed by atoms with Crippen LogP contribution >= 0.6 is 11.6 Å². The number of ether oxygens (including phenoxy) is 3. The Hall–Kier alpha value is -4.12. The van der Waals surface area contributed by atoms with Crippen molar-refractivity contribution in [1.29, 1.82) is 0 Å². The van der Waals surface area contributed by atoms with Crippen LogP contribution in [0.15, 0.2) is 48.5 Å². The minimum atomic E-state index is -1.23. The van der Waals surface area contributed by atoms with Crippen molar-refractivity contribution in [2.75, 3.05) is 37.6 Å². The molecule has 1 aliphatic carbocycles. The molecule has 3 aromatic carbocycles. The monoisotopic (exact) mass is 678 g/mol. The molecular weight excluding hydrogens is 636 g/mol. The van der Waals surface area contributed by atoms with Gasteiger partial charge in [0.15, 0.2) is 11.5 Å². The topological polar surface area (TPSA) is 135 Å². The van der Waals surface area contributed by atoms with E-state index in [1.807, 2.05) is 32.0 Å². The molecule has 2 atom stereocenters. The molecule has 11 heteroatoms. The van der Waals surface area contributed by atoms with Gasteiger partial charge in [-0.2, -0.15) is 0 Å². The normalized spacial score (nSPS) is 17.6. The Labute approximate surface area is 285 Å². The first-order chi connectivity index (χ1) is 22.9. The van der Waals surface area contributed by atoms with Gasteiger partial charge in [-0.05, 0) is 85.2 Å². The van der Waals surface area contributed by atoms with Gasteiger partial charge in [0.25, 0.3) is 5.91 Å². The van der Waals surface area contributed by atoms with E-state index in [0.717, 1.165) is 42.4 Å². The molecule has 0 saturated heterocycles. The molecule has 2 aliphatic rings. The molecule has 0 saturated carbocycles. The number of methoxy groups -OCH3 is 2. The third kappa shape index (κ3) is 7.77. The second-order valence-electron chi connectivity index (χ2n) is 13.2. The zero-order chi connectivity index (χ0) is 34.6. The van der Waals surface area contributed by atoms with Crippen molar-refractivity contribution in [3.63, 3.8) is 0 Å². The van der Waals surface area contributed by atoms with E-state index in [1.54, 1.807) is 35.2 Å². The third-order valence-electron chi connectivity index (χ3n) is 8.96. The molecule has 10 nitrogen and oxygen atoms in total. The molecular formula is C37H43ClN2O8. The Balaban J connectivity index is 1.53. The van der Waals surface area contributed by atoms with Crippen molar-refractivity contribution in [2.24, 2.45) is 5.41 Å². The summed E-state index contributed by atoms with van der Waals surface area (Å²) in [5.74, 6) is -0.867. The quantitative estimate of drug-likeness (QED) is 0.209. The molecule has 0 bridgehead atoms. The van der Waals surface area contributed by atoms with Gasteiger partial charge in [-0.25, -0.2) is 0 Å². The maximum atomic E-state index is 14.4. The molecule has 1 heterocycles. The molecule has 256 valence electrons. The number of carboxylic acid groups (broad SMARTS) is 1. The highest BCUT2D eigenvalue weighted by Gasteiger charge is 2.40. The summed E-state index contributed by atoms with van der Waals surface area (Å²) in [6, 6.07) is 14.3. The number of benzene rings is 3. The number of para-hydroxylation sites is 1. The summed E-state index contributed by atoms with van der Waals surface area (Å²) in [5, 5.41) is 22.9. The van der Waals surface area contributed by atoms with Crippen LogP contribution in [0, 0.1) is 5.41 Å². The van der Waals surface area contributed by atoms with Crippen molar-refractivity contribution >= 4 is 40.8 Å². The van der Waals surface area contributed by atoms with Gasteiger partial charge in [0.1, 0.15) is 12.2 Å². The van der Waals surface area contributed by atoms with Crippen LogP contribution in [0.25, 0.3) is 0 Å². The zero-order valence-corrected chi connectivity index (χ0v) is 28.6. The number of aliphatic hydroxyl groups excluding tert-OH is 1. The average molecular weight is 679 g/mol. The van der Waals surface area contributed by atoms with Crippen LogP contribution in [0.5, 0.6) is 11.5 Å². The van der Waals surface area contributed by atoms with E-state index in [9.17, 15) is 24.6 Å². The summed E-state index contributed by atoms with van der Waals surface area (Å²) < 4.78 is 17.9. The van der Waals surface area contributed by atoms with Gasteiger partial charge in [-0.3, -0.25) is 14.4 Å². The molecule has 3 N–H and O–H groups in total. The minimum absolute atomic E-state index is 0.00598. The number of halogens is 1. The van der Waals surface area contributed by atoms with Gasteiger partial charge in [0.2, 0.25) is 5.91 Å². The van der Waals surface area contributed by atoms with Crippen molar-refractivity contribution in [2.45, 2.75) is 71.0 Å². The van der Waals surface area contributed by atoms with Crippen LogP contribution in [0.1, 0.15) is 73.5 Å². The first-order valence-electron chi connectivity index (χ1n) is 16.2. The number of hydrogen-bond donors (Lipinski definition) is 3. The van der Waals surface area contributed by atoms with E-state index in [-0.39, 0.29) is 26.0 Å². The van der Waals surface area contributed by atoms with Gasteiger partial charge in [0.05, 0.1) is 20.6 Å². The van der Waals surface area contributed by atoms with Gasteiger partial charge in [0, 0.05) is 52.5 Å². The van der Waals surface area contributed by atoms with Crippen molar-refractivity contribution in [1.82, 2.24) is 0 Å². The lowest BCUT2D eigenvalue weighted by Crippen LogP contribution is -2.46. The number of aliphatic hydroxyl groups is 1. The standard InChI is InChI=1S/C37H43ClN2O8/c1-37(2,21-41)20-40-29-14-13-24(38)18-28(29)34(27-10-7-11-30(46-3)35(27)47-4)48-31(36(40)45)19-32(42)39-25-16-22-8-5-6-9-26(22)23(17-25)12-15-33(43)44/h7,10-11,13-14,16-18,31,34,41H,5-6,8-9,12,15,19-21H2,1-4H3,(H,39,42)(H,43,44)/t31-,34-/m1/s1. The smallest absolute Gasteiger partial charge is 0.303 e. The van der Waals surface area contributed by atoms with Crippen LogP contribution in [-0.2, 0) is 38.4 Å². The van der Waals surface area contributed by atoms with Crippen molar-refractivity contribution < 1.29 is 38.8 Å². The summed E-state index contributed by atoms with van der Waals surface area (Å²) in [4.78, 5) is 41.1. The first kappa shape index (κ1) is 35.2. The van der Waals surface area contributed by atoms with Crippen molar-refractivity contribution in [3.8, 4) is 11.5 Å². The summed E-state index contributed by atoms with van der Waals surface area (Å²) in [5.41, 5.74) is 4.79. The predicted molar refractivity (Wildman–Crippen MR) is 183 cm³/mol. The SMILES string of the molecule is COc1cccc([C@H]2O[C@H](CC(=O)Nc3cc4c(c(CCC(=O)O)c3)CCCC4)C(=O)N(CC(C)(C)CO)c3ccc(Cl)cc32)c1OC. The zero-order valence-electron chi connectivity index (χ0n) is 27.8. The maximum Gasteiger partial charge on any atom is 0.303 e. The fourth-order valence-electron chi connectivity index (χ4n) is 6.58. The molecule has 0 fully saturated rings. The van der Waals surface area contributed by atoms with Crippen LogP contribution in [0.3, 0.4) is 0 Å². The summed E-state index contributed by atoms with van der Waals surface area (Å²) in [6.07, 6.45) is 1.74. The Morgan fingerprint density at radius 3 is 2.54 bits per heavy atom. The number of fused-ring (bicyclic) bond motifs is 2. The molecule has 2 amide bonds. The lowest BCUT2D eigenvalue weighted by molar-refractivity contribution is -0.137. The number of carboxylic acids is 1. The van der Waals surface area contributed by atoms with E-state index in [4.69, 9.17) is 25.8 Å². The highest BCUT2D eigenvalue weighted by atomic mass is 35.5. The molecule has 3 aromatic rings. The van der Waals surface area contributed by atoms with E-state index in [0.29, 0.717) is 45.4 Å². The number of aryl methyl sites for hydroxylation is 2. The molecule has 0 spiro atoms. The Morgan fingerprint density at radius 2 is 1.83 bits per heavy atom. The number of anilines is 2. The number of carbonyl (C=O) groups excluding carboxylic acids is 2. The first-order valence-corrected chi connectivity index (χ1v) is 16.6. The number of aliphatic carboxylic acids is 1. The van der Waals surface area contributed by atoms with Crippen LogP contribution < -0.4 is 19.7 Å². The number of carbonyl (C=O) groups is 3. The Bertz CT molecular complexity index is 1690. The van der Waals surface area contributed by atoms with E-state index in [2.05, 4.69) is 5.32 Å². The molecule has 48 heavy (non-hydrogen) atoms. The lowest BCUT2D eigenvalue weighted by atomic mass is 9.86. The van der Waals surface area contributed by atoms with Crippen LogP contribution in [0.4, 0.5) is 11.4 Å². The van der Waals surface area contributed by atoms with Gasteiger partial charge in [-0.1, -0.05) is 37.6 Å². The fourth-order valence-corrected chi connectivity index (χ4v) is 6.76. The van der Waals surface area contributed by atoms with Crippen LogP contribution in [-0.4, -0.2) is 61.5 Å². The number of amides is 2. The maximum absolute atomic E-state index is 14.4. The molecule has 0 aromatic heterocycles. The molecule has 1 aliphatic heterocycles. The van der Waals surface area contributed by atoms with Crippen molar-refractivity contribution in [3.05, 3.63) is 81.4 Å². The predicted octanol–water partition coefficient (Wildman–Crippen LogP) is 6.12. The van der Waals surface area contributed by atoms with Gasteiger partial charge in [-0.15, -0.1) is 0 Å². The lowest BCUT2D eigenvalue weighted by Gasteiger charge is -2.32. The average Bonchev–Trinajstić information content (AvgIpc) is 3.16. The number of hydrogen-bond acceptors (Lipinski definition) is 7. The number of nitrogens with zero attached hydrogens (tertiary/aromatic N) is 1. The second-order valence-corrected chi connectivity index (χ2v) is 13.6. The second kappa shape index (κ2) is 15.0. The summed E-state index contributed by atoms with van der Waals surface area (Å²) >= 11 is 6.52. The van der Waals surface area contributed by atoms with Gasteiger partial charge >= 0.3 is 5.97 Å². The van der Waals surface area contributed by atoms with E-state index in [1.165, 1.54) is 14.2 Å². The Morgan fingerprint density at radius 1 is 1.06 bits per heavy atom. The Kier molecular flexibility index (Phi) is 11.0. The van der Waals surface area contributed by atoms with E-state index < -0.39 is 35.4 Å². The summed E-state index contributed by atoms with van der Waals surface area (Å²) in [7, 11) is 3.05. The number of nitrogens with one attached hydrogen (secondary N) is 1. The highest BCUT2D eigenvalue weighted by Crippen LogP contribution is 2.45. The van der Waals surface area contributed by atoms with Gasteiger partial charge < -0.3 is 34.6 Å². The van der Waals surface area contributed by atoms with E-state index >= 15 is 0 Å². The molecule has 0 radical (unpaired) electrons. The summed E-state index contributed by atoms with van der Waals surface area (Å²) in [6.45, 7) is 3.67. The molecule has 5 rings (SSSR count). The third-order valence-corrected chi connectivity index (χ3v) is 9.19. The highest BCUT2D eigenvalue weighted by molar-refractivity contribution is 6.30. The minimum Gasteiger partial charge on any atom is -0.493 e. The largest absolute Gasteiger partial charge is 0.493 e. The molecule has 0 unspecified atom stereocenters.